The van der Waals surface area contributed by atoms with E-state index in [1.54, 1.807) is 0 Å². The maximum absolute atomic E-state index is 12.7. The molecule has 1 atom stereocenters. The van der Waals surface area contributed by atoms with E-state index in [-0.39, 0.29) is 5.91 Å². The topological polar surface area (TPSA) is 23.6 Å². The minimum absolute atomic E-state index is 0.180. The molecule has 1 amide bonds. The van der Waals surface area contributed by atoms with Crippen molar-refractivity contribution in [3.63, 3.8) is 0 Å². The van der Waals surface area contributed by atoms with Gasteiger partial charge in [-0.3, -0.25) is 9.69 Å². The lowest BCUT2D eigenvalue weighted by Crippen LogP contribution is -2.56. The lowest BCUT2D eigenvalue weighted by Gasteiger charge is -2.44. The van der Waals surface area contributed by atoms with Gasteiger partial charge in [-0.05, 0) is 50.1 Å². The van der Waals surface area contributed by atoms with Crippen LogP contribution < -0.4 is 0 Å². The second-order valence-corrected chi connectivity index (χ2v) is 6.87. The van der Waals surface area contributed by atoms with Gasteiger partial charge < -0.3 is 4.90 Å². The van der Waals surface area contributed by atoms with E-state index >= 15 is 0 Å². The maximum Gasteiger partial charge on any atom is 0.253 e. The molecule has 2 heterocycles. The zero-order chi connectivity index (χ0) is 14.1. The van der Waals surface area contributed by atoms with Crippen LogP contribution in [0.25, 0.3) is 0 Å². The largest absolute Gasteiger partial charge is 0.336 e. The van der Waals surface area contributed by atoms with Gasteiger partial charge in [-0.15, -0.1) is 0 Å². The molecule has 0 radical (unpaired) electrons. The monoisotopic (exact) mass is 336 g/mol. The molecule has 3 rings (SSSR count). The average Bonchev–Trinajstić information content (AvgIpc) is 2.45. The lowest BCUT2D eigenvalue weighted by molar-refractivity contribution is 0.0372. The third-order valence-corrected chi connectivity index (χ3v) is 4.87. The molecule has 2 saturated heterocycles. The second-order valence-electron chi connectivity index (χ2n) is 5.95. The number of piperidine rings is 1. The van der Waals surface area contributed by atoms with E-state index < -0.39 is 0 Å². The van der Waals surface area contributed by atoms with E-state index in [4.69, 9.17) is 0 Å². The summed E-state index contributed by atoms with van der Waals surface area (Å²) in [5.41, 5.74) is 1.93. The first-order valence-corrected chi connectivity index (χ1v) is 8.23. The van der Waals surface area contributed by atoms with Crippen LogP contribution in [0.1, 0.15) is 35.2 Å². The summed E-state index contributed by atoms with van der Waals surface area (Å²) in [7, 11) is 0. The molecular weight excluding hydrogens is 316 g/mol. The molecule has 2 aliphatic heterocycles. The quantitative estimate of drug-likeness (QED) is 0.786. The van der Waals surface area contributed by atoms with Crippen molar-refractivity contribution in [3.8, 4) is 0 Å². The third-order valence-electron chi connectivity index (χ3n) is 4.41. The summed E-state index contributed by atoms with van der Waals surface area (Å²) in [6.07, 6.45) is 3.86. The number of hydrogen-bond acceptors (Lipinski definition) is 2. The van der Waals surface area contributed by atoms with Crippen LogP contribution in [0.3, 0.4) is 0 Å². The van der Waals surface area contributed by atoms with Crippen LogP contribution in [0.4, 0.5) is 0 Å². The van der Waals surface area contributed by atoms with Crippen LogP contribution in [-0.2, 0) is 0 Å². The Kier molecular flexibility index (Phi) is 4.13. The molecule has 108 valence electrons. The van der Waals surface area contributed by atoms with E-state index in [9.17, 15) is 4.79 Å². The Balaban J connectivity index is 1.74. The van der Waals surface area contributed by atoms with Gasteiger partial charge in [0.15, 0.2) is 0 Å². The molecule has 0 aromatic heterocycles. The van der Waals surface area contributed by atoms with Crippen LogP contribution in [0.15, 0.2) is 22.7 Å². The molecule has 0 saturated carbocycles. The van der Waals surface area contributed by atoms with E-state index in [1.165, 1.54) is 25.8 Å². The molecular formula is C16H21BrN2O. The number of fused-ring (bicyclic) bond motifs is 1. The fourth-order valence-corrected chi connectivity index (χ4v) is 3.99. The number of aryl methyl sites for hydroxylation is 1. The van der Waals surface area contributed by atoms with E-state index in [0.29, 0.717) is 6.04 Å². The van der Waals surface area contributed by atoms with Gasteiger partial charge in [0.05, 0.1) is 0 Å². The highest BCUT2D eigenvalue weighted by atomic mass is 79.9. The molecule has 3 nitrogen and oxygen atoms in total. The van der Waals surface area contributed by atoms with Crippen molar-refractivity contribution in [2.45, 2.75) is 32.2 Å². The molecule has 1 unspecified atom stereocenters. The SMILES string of the molecule is Cc1cc(Br)cc(C(=O)N2CCN3CCCCC3C2)c1. The van der Waals surface area contributed by atoms with Crippen molar-refractivity contribution in [2.24, 2.45) is 0 Å². The van der Waals surface area contributed by atoms with Gasteiger partial charge >= 0.3 is 0 Å². The molecule has 0 N–H and O–H groups in total. The minimum Gasteiger partial charge on any atom is -0.336 e. The molecule has 2 aliphatic rings. The number of rotatable bonds is 1. The number of hydrogen-bond donors (Lipinski definition) is 0. The second kappa shape index (κ2) is 5.86. The summed E-state index contributed by atoms with van der Waals surface area (Å²) in [6.45, 7) is 6.03. The van der Waals surface area contributed by atoms with Gasteiger partial charge in [-0.1, -0.05) is 22.4 Å². The molecule has 1 aromatic rings. The highest BCUT2D eigenvalue weighted by Gasteiger charge is 2.31. The molecule has 2 fully saturated rings. The van der Waals surface area contributed by atoms with Crippen molar-refractivity contribution >= 4 is 21.8 Å². The number of halogens is 1. The van der Waals surface area contributed by atoms with Crippen LogP contribution in [0.2, 0.25) is 0 Å². The Hall–Kier alpha value is -0.870. The van der Waals surface area contributed by atoms with Gasteiger partial charge in [-0.2, -0.15) is 0 Å². The zero-order valence-electron chi connectivity index (χ0n) is 11.9. The summed E-state index contributed by atoms with van der Waals surface area (Å²) < 4.78 is 0.983. The van der Waals surface area contributed by atoms with E-state index in [1.807, 2.05) is 30.0 Å². The third kappa shape index (κ3) is 2.91. The van der Waals surface area contributed by atoms with Crippen LogP contribution in [0.5, 0.6) is 0 Å². The van der Waals surface area contributed by atoms with Crippen LogP contribution in [0, 0.1) is 6.92 Å². The standard InChI is InChI=1S/C16H21BrN2O/c1-12-8-13(10-14(17)9-12)16(20)19-7-6-18-5-3-2-4-15(18)11-19/h8-10,15H,2-7,11H2,1H3. The lowest BCUT2D eigenvalue weighted by atomic mass is 9.99. The van der Waals surface area contributed by atoms with Gasteiger partial charge in [0.2, 0.25) is 0 Å². The highest BCUT2D eigenvalue weighted by Crippen LogP contribution is 2.23. The van der Waals surface area contributed by atoms with Crippen molar-refractivity contribution in [2.75, 3.05) is 26.2 Å². The van der Waals surface area contributed by atoms with Gasteiger partial charge in [0.25, 0.3) is 5.91 Å². The fraction of sp³-hybridized carbons (Fsp3) is 0.562. The van der Waals surface area contributed by atoms with E-state index in [0.717, 1.165) is 35.2 Å². The van der Waals surface area contributed by atoms with Gasteiger partial charge in [0.1, 0.15) is 0 Å². The van der Waals surface area contributed by atoms with Crippen LogP contribution in [-0.4, -0.2) is 47.9 Å². The van der Waals surface area contributed by atoms with Gasteiger partial charge in [-0.25, -0.2) is 0 Å². The molecule has 1 aromatic carbocycles. The predicted octanol–water partition coefficient (Wildman–Crippen LogP) is 3.07. The van der Waals surface area contributed by atoms with Crippen molar-refractivity contribution in [3.05, 3.63) is 33.8 Å². The maximum atomic E-state index is 12.7. The van der Waals surface area contributed by atoms with Crippen molar-refractivity contribution in [1.29, 1.82) is 0 Å². The first kappa shape index (κ1) is 14.1. The Morgan fingerprint density at radius 1 is 1.20 bits per heavy atom. The van der Waals surface area contributed by atoms with Crippen LogP contribution >= 0.6 is 15.9 Å². The predicted molar refractivity (Wildman–Crippen MR) is 84.0 cm³/mol. The number of nitrogens with zero attached hydrogens (tertiary/aromatic N) is 2. The molecule has 0 spiro atoms. The van der Waals surface area contributed by atoms with Crippen molar-refractivity contribution < 1.29 is 4.79 Å². The molecule has 0 bridgehead atoms. The number of amides is 1. The molecule has 20 heavy (non-hydrogen) atoms. The summed E-state index contributed by atoms with van der Waals surface area (Å²) in [5.74, 6) is 0.180. The average molecular weight is 337 g/mol. The zero-order valence-corrected chi connectivity index (χ0v) is 13.5. The fourth-order valence-electron chi connectivity index (χ4n) is 3.38. The number of piperazine rings is 1. The Morgan fingerprint density at radius 3 is 2.85 bits per heavy atom. The molecule has 4 heteroatoms. The first-order chi connectivity index (χ1) is 9.63. The van der Waals surface area contributed by atoms with E-state index in [2.05, 4.69) is 20.8 Å². The normalized spacial score (nSPS) is 23.5. The number of benzene rings is 1. The summed E-state index contributed by atoms with van der Waals surface area (Å²) in [6, 6.07) is 6.54. The Morgan fingerprint density at radius 2 is 2.05 bits per heavy atom. The minimum atomic E-state index is 0.180. The Bertz CT molecular complexity index is 497. The summed E-state index contributed by atoms with van der Waals surface area (Å²) >= 11 is 3.48. The smallest absolute Gasteiger partial charge is 0.253 e. The molecule has 0 aliphatic carbocycles. The first-order valence-electron chi connectivity index (χ1n) is 7.44. The Labute approximate surface area is 129 Å². The summed E-state index contributed by atoms with van der Waals surface area (Å²) in [5, 5.41) is 0. The number of carbonyl (C=O) groups is 1. The van der Waals surface area contributed by atoms with Gasteiger partial charge in [0, 0.05) is 35.7 Å². The van der Waals surface area contributed by atoms with Crippen molar-refractivity contribution in [1.82, 2.24) is 9.80 Å². The summed E-state index contributed by atoms with van der Waals surface area (Å²) in [4.78, 5) is 17.3. The number of carbonyl (C=O) groups excluding carboxylic acids is 1. The highest BCUT2D eigenvalue weighted by molar-refractivity contribution is 9.10.